The molecule has 7 heteroatoms. The van der Waals surface area contributed by atoms with E-state index < -0.39 is 23.8 Å². The van der Waals surface area contributed by atoms with Gasteiger partial charge in [0, 0.05) is 7.05 Å². The Morgan fingerprint density at radius 1 is 1.38 bits per heavy atom. The van der Waals surface area contributed by atoms with E-state index in [9.17, 15) is 14.4 Å². The van der Waals surface area contributed by atoms with Crippen LogP contribution in [0.5, 0.6) is 0 Å². The average molecular weight is 296 g/mol. The third-order valence-electron chi connectivity index (χ3n) is 2.80. The van der Waals surface area contributed by atoms with Crippen LogP contribution < -0.4 is 5.32 Å². The third-order valence-corrected chi connectivity index (χ3v) is 2.80. The van der Waals surface area contributed by atoms with E-state index in [0.29, 0.717) is 6.42 Å². The Balaban J connectivity index is 2.55. The number of likely N-dealkylation sites (N-methyl/N-ethyl adjacent to an activating group) is 1. The van der Waals surface area contributed by atoms with Crippen molar-refractivity contribution in [1.82, 2.24) is 10.2 Å². The van der Waals surface area contributed by atoms with Gasteiger partial charge in [-0.05, 0) is 24.5 Å². The van der Waals surface area contributed by atoms with Gasteiger partial charge in [-0.25, -0.2) is 4.79 Å². The molecule has 0 saturated heterocycles. The van der Waals surface area contributed by atoms with Crippen molar-refractivity contribution in [3.05, 3.63) is 24.2 Å². The molecular formula is C14H20N2O5. The lowest BCUT2D eigenvalue weighted by atomic mass is 10.0. The Bertz CT molecular complexity index is 495. The molecule has 0 bridgehead atoms. The molecule has 2 N–H and O–H groups in total. The van der Waals surface area contributed by atoms with E-state index in [0.717, 1.165) is 0 Å². The quantitative estimate of drug-likeness (QED) is 0.781. The lowest BCUT2D eigenvalue weighted by Crippen LogP contribution is -2.46. The highest BCUT2D eigenvalue weighted by Crippen LogP contribution is 2.06. The molecular weight excluding hydrogens is 276 g/mol. The normalized spacial score (nSPS) is 12.0. The number of carbonyl (C=O) groups excluding carboxylic acids is 2. The minimum Gasteiger partial charge on any atom is -0.480 e. The van der Waals surface area contributed by atoms with Gasteiger partial charge >= 0.3 is 5.97 Å². The molecule has 7 nitrogen and oxygen atoms in total. The minimum atomic E-state index is -1.09. The molecule has 0 aliphatic carbocycles. The van der Waals surface area contributed by atoms with Gasteiger partial charge in [0.25, 0.3) is 5.91 Å². The summed E-state index contributed by atoms with van der Waals surface area (Å²) in [4.78, 5) is 35.9. The van der Waals surface area contributed by atoms with E-state index in [2.05, 4.69) is 5.32 Å². The van der Waals surface area contributed by atoms with E-state index in [-0.39, 0.29) is 18.2 Å². The third kappa shape index (κ3) is 5.29. The van der Waals surface area contributed by atoms with Crippen molar-refractivity contribution in [2.45, 2.75) is 26.3 Å². The first-order chi connectivity index (χ1) is 9.81. The smallest absolute Gasteiger partial charge is 0.326 e. The van der Waals surface area contributed by atoms with Gasteiger partial charge in [0.05, 0.1) is 12.8 Å². The maximum atomic E-state index is 11.9. The van der Waals surface area contributed by atoms with Crippen molar-refractivity contribution in [2.75, 3.05) is 13.6 Å². The molecule has 0 radical (unpaired) electrons. The number of furan rings is 1. The highest BCUT2D eigenvalue weighted by molar-refractivity contribution is 5.94. The zero-order valence-electron chi connectivity index (χ0n) is 12.3. The van der Waals surface area contributed by atoms with Gasteiger partial charge < -0.3 is 19.7 Å². The Hall–Kier alpha value is -2.31. The Morgan fingerprint density at radius 2 is 2.05 bits per heavy atom. The summed E-state index contributed by atoms with van der Waals surface area (Å²) in [5.74, 6) is -1.79. The summed E-state index contributed by atoms with van der Waals surface area (Å²) in [6, 6.07) is 2.12. The van der Waals surface area contributed by atoms with Crippen molar-refractivity contribution in [2.24, 2.45) is 5.92 Å². The predicted octanol–water partition coefficient (Wildman–Crippen LogP) is 0.967. The van der Waals surface area contributed by atoms with Crippen molar-refractivity contribution in [3.63, 3.8) is 0 Å². The first-order valence-corrected chi connectivity index (χ1v) is 6.62. The summed E-state index contributed by atoms with van der Waals surface area (Å²) in [6.07, 6.45) is 1.70. The first-order valence-electron chi connectivity index (χ1n) is 6.62. The summed E-state index contributed by atoms with van der Waals surface area (Å²) in [6.45, 7) is 3.50. The Morgan fingerprint density at radius 3 is 2.52 bits per heavy atom. The summed E-state index contributed by atoms with van der Waals surface area (Å²) < 4.78 is 4.95. The number of carboxylic acid groups (broad SMARTS) is 1. The second-order valence-corrected chi connectivity index (χ2v) is 5.23. The first kappa shape index (κ1) is 16.7. The van der Waals surface area contributed by atoms with Crippen LogP contribution in [0.2, 0.25) is 0 Å². The van der Waals surface area contributed by atoms with E-state index in [4.69, 9.17) is 9.52 Å². The van der Waals surface area contributed by atoms with Gasteiger partial charge in [0.1, 0.15) is 6.04 Å². The molecule has 21 heavy (non-hydrogen) atoms. The van der Waals surface area contributed by atoms with Crippen LogP contribution in [0.1, 0.15) is 30.8 Å². The fraction of sp³-hybridized carbons (Fsp3) is 0.500. The second-order valence-electron chi connectivity index (χ2n) is 5.23. The summed E-state index contributed by atoms with van der Waals surface area (Å²) in [5.41, 5.74) is 0. The molecule has 1 atom stereocenters. The molecule has 0 saturated carbocycles. The highest BCUT2D eigenvalue weighted by atomic mass is 16.4. The molecule has 1 rings (SSSR count). The van der Waals surface area contributed by atoms with E-state index >= 15 is 0 Å². The van der Waals surface area contributed by atoms with Crippen LogP contribution in [0.3, 0.4) is 0 Å². The van der Waals surface area contributed by atoms with Crippen LogP contribution in [0, 0.1) is 5.92 Å². The zero-order chi connectivity index (χ0) is 16.0. The average Bonchev–Trinajstić information content (AvgIpc) is 2.89. The Kier molecular flexibility index (Phi) is 5.95. The van der Waals surface area contributed by atoms with Gasteiger partial charge in [-0.2, -0.15) is 0 Å². The molecule has 0 unspecified atom stereocenters. The molecule has 0 aliphatic heterocycles. The van der Waals surface area contributed by atoms with Gasteiger partial charge in [-0.3, -0.25) is 9.59 Å². The van der Waals surface area contributed by atoms with Crippen molar-refractivity contribution in [3.8, 4) is 0 Å². The summed E-state index contributed by atoms with van der Waals surface area (Å²) in [5, 5.41) is 11.5. The number of amides is 2. The number of rotatable bonds is 7. The fourth-order valence-corrected chi connectivity index (χ4v) is 1.81. The molecule has 116 valence electrons. The summed E-state index contributed by atoms with van der Waals surface area (Å²) >= 11 is 0. The van der Waals surface area contributed by atoms with Crippen LogP contribution in [0.25, 0.3) is 0 Å². The lowest BCUT2D eigenvalue weighted by Gasteiger charge is -2.19. The molecule has 1 aromatic rings. The van der Waals surface area contributed by atoms with Crippen molar-refractivity contribution >= 4 is 17.8 Å². The number of hydrogen-bond donors (Lipinski definition) is 2. The molecule has 0 spiro atoms. The molecule has 0 aromatic carbocycles. The van der Waals surface area contributed by atoms with Crippen LogP contribution in [-0.2, 0) is 9.59 Å². The molecule has 0 aliphatic rings. The lowest BCUT2D eigenvalue weighted by molar-refractivity contribution is -0.142. The van der Waals surface area contributed by atoms with Crippen molar-refractivity contribution in [1.29, 1.82) is 0 Å². The van der Waals surface area contributed by atoms with Gasteiger partial charge in [-0.15, -0.1) is 0 Å². The number of carboxylic acids is 1. The van der Waals surface area contributed by atoms with E-state index in [1.807, 2.05) is 13.8 Å². The number of nitrogens with zero attached hydrogens (tertiary/aromatic N) is 1. The van der Waals surface area contributed by atoms with Gasteiger partial charge in [-0.1, -0.05) is 13.8 Å². The molecule has 0 fully saturated rings. The maximum absolute atomic E-state index is 11.9. The topological polar surface area (TPSA) is 99.9 Å². The van der Waals surface area contributed by atoms with Crippen molar-refractivity contribution < 1.29 is 23.9 Å². The SMILES string of the molecule is CC(C)C[C@H](NC(=O)CN(C)C(=O)c1ccco1)C(=O)O. The number of hydrogen-bond acceptors (Lipinski definition) is 4. The minimum absolute atomic E-state index is 0.127. The number of aliphatic carboxylic acids is 1. The summed E-state index contributed by atoms with van der Waals surface area (Å²) in [7, 11) is 1.45. The Labute approximate surface area is 122 Å². The molecule has 1 heterocycles. The molecule has 1 aromatic heterocycles. The van der Waals surface area contributed by atoms with Gasteiger partial charge in [0.2, 0.25) is 5.91 Å². The number of carbonyl (C=O) groups is 3. The van der Waals surface area contributed by atoms with Gasteiger partial charge in [0.15, 0.2) is 5.76 Å². The molecule has 2 amide bonds. The monoisotopic (exact) mass is 296 g/mol. The van der Waals surface area contributed by atoms with Crippen LogP contribution in [-0.4, -0.2) is 47.4 Å². The fourth-order valence-electron chi connectivity index (χ4n) is 1.81. The highest BCUT2D eigenvalue weighted by Gasteiger charge is 2.23. The zero-order valence-corrected chi connectivity index (χ0v) is 12.3. The maximum Gasteiger partial charge on any atom is 0.326 e. The standard InChI is InChI=1S/C14H20N2O5/c1-9(2)7-10(14(19)20)15-12(17)8-16(3)13(18)11-5-4-6-21-11/h4-6,9-10H,7-8H2,1-3H3,(H,15,17)(H,19,20)/t10-/m0/s1. The van der Waals surface area contributed by atoms with E-state index in [1.165, 1.54) is 24.3 Å². The van der Waals surface area contributed by atoms with E-state index in [1.54, 1.807) is 6.07 Å². The van der Waals surface area contributed by atoms with Crippen LogP contribution >= 0.6 is 0 Å². The predicted molar refractivity (Wildman–Crippen MR) is 74.7 cm³/mol. The number of nitrogens with one attached hydrogen (secondary N) is 1. The largest absolute Gasteiger partial charge is 0.480 e. The van der Waals surface area contributed by atoms with Crippen LogP contribution in [0.15, 0.2) is 22.8 Å². The van der Waals surface area contributed by atoms with Crippen LogP contribution in [0.4, 0.5) is 0 Å². The second kappa shape index (κ2) is 7.47.